The number of nitrogens with two attached hydrogens (primary N) is 1. The smallest absolute Gasteiger partial charge is 0.216 e. The van der Waals surface area contributed by atoms with Crippen molar-refractivity contribution in [3.8, 4) is 0 Å². The number of aliphatic imine (C=N–C) groups is 1. The van der Waals surface area contributed by atoms with E-state index in [1.807, 2.05) is 30.3 Å². The number of nitrogens with zero attached hydrogens (tertiary/aromatic N) is 1. The summed E-state index contributed by atoms with van der Waals surface area (Å²) < 4.78 is 5.66. The van der Waals surface area contributed by atoms with Gasteiger partial charge in [-0.05, 0) is 25.1 Å². The fourth-order valence-corrected chi connectivity index (χ4v) is 1.49. The largest absolute Gasteiger partial charge is 0.472 e. The van der Waals surface area contributed by atoms with Gasteiger partial charge in [0.15, 0.2) is 0 Å². The SMILES string of the molecule is NCCC1CN=C(c2ccccc2)O1. The molecule has 0 radical (unpaired) electrons. The van der Waals surface area contributed by atoms with Gasteiger partial charge in [0.1, 0.15) is 6.10 Å². The molecule has 0 saturated heterocycles. The van der Waals surface area contributed by atoms with E-state index in [9.17, 15) is 0 Å². The molecule has 74 valence electrons. The lowest BCUT2D eigenvalue weighted by molar-refractivity contribution is 0.216. The average molecular weight is 190 g/mol. The molecule has 0 fully saturated rings. The van der Waals surface area contributed by atoms with Gasteiger partial charge in [0.05, 0.1) is 6.54 Å². The minimum absolute atomic E-state index is 0.176. The summed E-state index contributed by atoms with van der Waals surface area (Å²) in [6.45, 7) is 1.39. The van der Waals surface area contributed by atoms with E-state index < -0.39 is 0 Å². The molecular formula is C11H14N2O. The first kappa shape index (κ1) is 9.21. The molecule has 2 N–H and O–H groups in total. The topological polar surface area (TPSA) is 47.6 Å². The van der Waals surface area contributed by atoms with Crippen molar-refractivity contribution in [1.29, 1.82) is 0 Å². The maximum atomic E-state index is 5.66. The van der Waals surface area contributed by atoms with Crippen molar-refractivity contribution in [3.63, 3.8) is 0 Å². The highest BCUT2D eigenvalue weighted by atomic mass is 16.5. The second-order valence-corrected chi connectivity index (χ2v) is 3.33. The van der Waals surface area contributed by atoms with Crippen molar-refractivity contribution in [2.24, 2.45) is 10.7 Å². The van der Waals surface area contributed by atoms with Crippen molar-refractivity contribution in [3.05, 3.63) is 35.9 Å². The summed E-state index contributed by atoms with van der Waals surface area (Å²) in [5.41, 5.74) is 6.51. The lowest BCUT2D eigenvalue weighted by atomic mass is 10.2. The summed E-state index contributed by atoms with van der Waals surface area (Å²) in [6.07, 6.45) is 1.05. The van der Waals surface area contributed by atoms with E-state index in [0.717, 1.165) is 24.4 Å². The Labute approximate surface area is 83.6 Å². The molecule has 0 spiro atoms. The van der Waals surface area contributed by atoms with E-state index in [4.69, 9.17) is 10.5 Å². The van der Waals surface area contributed by atoms with E-state index in [1.54, 1.807) is 0 Å². The van der Waals surface area contributed by atoms with Crippen LogP contribution in [0.25, 0.3) is 0 Å². The van der Waals surface area contributed by atoms with Gasteiger partial charge < -0.3 is 10.5 Å². The molecule has 1 atom stereocenters. The van der Waals surface area contributed by atoms with Crippen LogP contribution in [0.5, 0.6) is 0 Å². The van der Waals surface area contributed by atoms with Gasteiger partial charge in [-0.3, -0.25) is 0 Å². The fraction of sp³-hybridized carbons (Fsp3) is 0.364. The lowest BCUT2D eigenvalue weighted by Gasteiger charge is -2.09. The van der Waals surface area contributed by atoms with Gasteiger partial charge >= 0.3 is 0 Å². The van der Waals surface area contributed by atoms with Gasteiger partial charge in [-0.15, -0.1) is 0 Å². The van der Waals surface area contributed by atoms with E-state index in [1.165, 1.54) is 0 Å². The third kappa shape index (κ3) is 1.93. The first-order valence-corrected chi connectivity index (χ1v) is 4.87. The molecule has 1 aliphatic heterocycles. The Bertz CT molecular complexity index is 321. The Balaban J connectivity index is 2.02. The minimum Gasteiger partial charge on any atom is -0.472 e. The van der Waals surface area contributed by atoms with Crippen LogP contribution in [0, 0.1) is 0 Å². The van der Waals surface area contributed by atoms with Gasteiger partial charge in [0.2, 0.25) is 5.90 Å². The van der Waals surface area contributed by atoms with Crippen LogP contribution in [-0.4, -0.2) is 25.1 Å². The fourth-order valence-electron chi connectivity index (χ4n) is 1.49. The Morgan fingerprint density at radius 3 is 2.86 bits per heavy atom. The second-order valence-electron chi connectivity index (χ2n) is 3.33. The van der Waals surface area contributed by atoms with Crippen LogP contribution in [0.15, 0.2) is 35.3 Å². The molecule has 3 nitrogen and oxygen atoms in total. The molecule has 1 aliphatic rings. The molecule has 1 unspecified atom stereocenters. The highest BCUT2D eigenvalue weighted by Gasteiger charge is 2.19. The van der Waals surface area contributed by atoms with Gasteiger partial charge in [0, 0.05) is 5.56 Å². The van der Waals surface area contributed by atoms with Crippen LogP contribution >= 0.6 is 0 Å². The monoisotopic (exact) mass is 190 g/mol. The normalized spacial score (nSPS) is 20.4. The van der Waals surface area contributed by atoms with Crippen molar-refractivity contribution in [2.45, 2.75) is 12.5 Å². The van der Waals surface area contributed by atoms with Crippen molar-refractivity contribution in [2.75, 3.05) is 13.1 Å². The molecular weight excluding hydrogens is 176 g/mol. The predicted octanol–water partition coefficient (Wildman–Crippen LogP) is 1.18. The Morgan fingerprint density at radius 2 is 2.14 bits per heavy atom. The summed E-state index contributed by atoms with van der Waals surface area (Å²) >= 11 is 0. The summed E-state index contributed by atoms with van der Waals surface area (Å²) in [7, 11) is 0. The zero-order valence-corrected chi connectivity index (χ0v) is 8.02. The van der Waals surface area contributed by atoms with Crippen LogP contribution in [-0.2, 0) is 4.74 Å². The highest BCUT2D eigenvalue weighted by Crippen LogP contribution is 2.13. The van der Waals surface area contributed by atoms with Crippen LogP contribution in [0.3, 0.4) is 0 Å². The molecule has 1 aromatic carbocycles. The number of ether oxygens (including phenoxy) is 1. The van der Waals surface area contributed by atoms with E-state index in [-0.39, 0.29) is 6.10 Å². The van der Waals surface area contributed by atoms with E-state index in [2.05, 4.69) is 4.99 Å². The first-order valence-electron chi connectivity index (χ1n) is 4.87. The average Bonchev–Trinajstić information content (AvgIpc) is 2.68. The third-order valence-electron chi connectivity index (χ3n) is 2.23. The molecule has 2 rings (SSSR count). The number of hydrogen-bond acceptors (Lipinski definition) is 3. The molecule has 14 heavy (non-hydrogen) atoms. The van der Waals surface area contributed by atoms with E-state index >= 15 is 0 Å². The summed E-state index contributed by atoms with van der Waals surface area (Å²) in [5.74, 6) is 0.754. The molecule has 3 heteroatoms. The Morgan fingerprint density at radius 1 is 1.36 bits per heavy atom. The maximum Gasteiger partial charge on any atom is 0.216 e. The molecule has 0 saturated carbocycles. The van der Waals surface area contributed by atoms with Crippen LogP contribution in [0.1, 0.15) is 12.0 Å². The van der Waals surface area contributed by atoms with Gasteiger partial charge in [-0.1, -0.05) is 18.2 Å². The standard InChI is InChI=1S/C11H14N2O/c12-7-6-10-8-13-11(14-10)9-4-2-1-3-5-9/h1-5,10H,6-8,12H2. The first-order chi connectivity index (χ1) is 6.90. The van der Waals surface area contributed by atoms with Crippen molar-refractivity contribution >= 4 is 5.90 Å². The zero-order chi connectivity index (χ0) is 9.80. The van der Waals surface area contributed by atoms with Crippen LogP contribution < -0.4 is 5.73 Å². The summed E-state index contributed by atoms with van der Waals surface area (Å²) in [6, 6.07) is 9.96. The predicted molar refractivity (Wildman–Crippen MR) is 56.4 cm³/mol. The number of rotatable bonds is 3. The Hall–Kier alpha value is -1.35. The third-order valence-corrected chi connectivity index (χ3v) is 2.23. The van der Waals surface area contributed by atoms with Crippen LogP contribution in [0.2, 0.25) is 0 Å². The number of hydrogen-bond donors (Lipinski definition) is 1. The van der Waals surface area contributed by atoms with Gasteiger partial charge in [0.25, 0.3) is 0 Å². The highest BCUT2D eigenvalue weighted by molar-refractivity contribution is 5.95. The molecule has 1 aromatic rings. The summed E-state index contributed by atoms with van der Waals surface area (Å²) in [5, 5.41) is 0. The molecule has 0 aromatic heterocycles. The molecule has 1 heterocycles. The van der Waals surface area contributed by atoms with Gasteiger partial charge in [-0.2, -0.15) is 0 Å². The molecule has 0 amide bonds. The summed E-state index contributed by atoms with van der Waals surface area (Å²) in [4.78, 5) is 4.34. The van der Waals surface area contributed by atoms with Crippen LogP contribution in [0.4, 0.5) is 0 Å². The van der Waals surface area contributed by atoms with Crippen molar-refractivity contribution in [1.82, 2.24) is 0 Å². The Kier molecular flexibility index (Phi) is 2.79. The molecule has 0 aliphatic carbocycles. The van der Waals surface area contributed by atoms with E-state index in [0.29, 0.717) is 6.54 Å². The number of benzene rings is 1. The molecule has 0 bridgehead atoms. The maximum absolute atomic E-state index is 5.66. The zero-order valence-electron chi connectivity index (χ0n) is 8.02. The van der Waals surface area contributed by atoms with Crippen molar-refractivity contribution < 1.29 is 4.74 Å². The van der Waals surface area contributed by atoms with Gasteiger partial charge in [-0.25, -0.2) is 4.99 Å². The lowest BCUT2D eigenvalue weighted by Crippen LogP contribution is -2.18. The second kappa shape index (κ2) is 4.24. The minimum atomic E-state index is 0.176. The quantitative estimate of drug-likeness (QED) is 0.778.